The Balaban J connectivity index is 1.08. The molecule has 0 aliphatic rings. The van der Waals surface area contributed by atoms with Gasteiger partial charge in [-0.3, -0.25) is 0 Å². The van der Waals surface area contributed by atoms with Crippen molar-refractivity contribution in [2.45, 2.75) is 0 Å². The van der Waals surface area contributed by atoms with E-state index in [0.717, 1.165) is 77.0 Å². The number of benzene rings is 8. The van der Waals surface area contributed by atoms with Crippen molar-refractivity contribution in [3.8, 4) is 56.7 Å². The molecular formula is C48H28N4O2. The van der Waals surface area contributed by atoms with Gasteiger partial charge >= 0.3 is 0 Å². The summed E-state index contributed by atoms with van der Waals surface area (Å²) >= 11 is 0. The van der Waals surface area contributed by atoms with Crippen LogP contribution in [0.3, 0.4) is 0 Å². The Morgan fingerprint density at radius 1 is 0.315 bits per heavy atom. The molecule has 0 N–H and O–H groups in total. The molecule has 0 saturated carbocycles. The summed E-state index contributed by atoms with van der Waals surface area (Å²) in [5, 5.41) is 6.49. The SMILES string of the molecule is c1ccc(-c2nc3cc4oc5cc(-c6nc(-c7ccc8ccccc8c7)nc(-c7cc(-c8ccccc8)c8ccccc8c7)n6)ccc5c4cc3o2)cc1. The fourth-order valence-corrected chi connectivity index (χ4v) is 7.43. The lowest BCUT2D eigenvalue weighted by Crippen LogP contribution is -2.00. The first-order chi connectivity index (χ1) is 26.7. The van der Waals surface area contributed by atoms with E-state index >= 15 is 0 Å². The molecule has 3 aromatic heterocycles. The third-order valence-corrected chi connectivity index (χ3v) is 10.1. The first-order valence-electron chi connectivity index (χ1n) is 17.9. The number of furan rings is 1. The fourth-order valence-electron chi connectivity index (χ4n) is 7.43. The van der Waals surface area contributed by atoms with Crippen molar-refractivity contribution in [1.29, 1.82) is 0 Å². The predicted molar refractivity (Wildman–Crippen MR) is 217 cm³/mol. The lowest BCUT2D eigenvalue weighted by Gasteiger charge is -2.12. The van der Waals surface area contributed by atoms with Crippen LogP contribution in [-0.4, -0.2) is 19.9 Å². The zero-order chi connectivity index (χ0) is 35.6. The van der Waals surface area contributed by atoms with Crippen LogP contribution in [0, 0.1) is 0 Å². The van der Waals surface area contributed by atoms with Crippen LogP contribution in [0.15, 0.2) is 179 Å². The van der Waals surface area contributed by atoms with Crippen molar-refractivity contribution in [2.24, 2.45) is 0 Å². The van der Waals surface area contributed by atoms with Crippen molar-refractivity contribution < 1.29 is 8.83 Å². The molecule has 6 heteroatoms. The van der Waals surface area contributed by atoms with Crippen LogP contribution < -0.4 is 0 Å². The standard InChI is InChI=1S/C48H28N4O2/c1-3-12-30(13-4-1)39-25-36(24-33-17-9-10-18-37(33)39)47-51-45(34-20-19-29-11-7-8-16-32(29)23-34)50-46(52-47)35-21-22-38-40-27-44-41(28-43(40)53-42(38)26-35)49-48(54-44)31-14-5-2-6-15-31/h1-28H. The molecule has 0 spiro atoms. The van der Waals surface area contributed by atoms with Gasteiger partial charge in [-0.05, 0) is 81.2 Å². The second-order valence-electron chi connectivity index (χ2n) is 13.5. The quantitative estimate of drug-likeness (QED) is 0.179. The molecule has 0 radical (unpaired) electrons. The number of fused-ring (bicyclic) bond motifs is 6. The first-order valence-corrected chi connectivity index (χ1v) is 17.9. The van der Waals surface area contributed by atoms with Crippen LogP contribution in [0.1, 0.15) is 0 Å². The van der Waals surface area contributed by atoms with Crippen molar-refractivity contribution in [2.75, 3.05) is 0 Å². The fraction of sp³-hybridized carbons (Fsp3) is 0. The summed E-state index contributed by atoms with van der Waals surface area (Å²) in [6.45, 7) is 0. The highest BCUT2D eigenvalue weighted by atomic mass is 16.4. The summed E-state index contributed by atoms with van der Waals surface area (Å²) in [6.07, 6.45) is 0. The molecule has 0 bridgehead atoms. The smallest absolute Gasteiger partial charge is 0.227 e. The van der Waals surface area contributed by atoms with Gasteiger partial charge in [0.1, 0.15) is 16.7 Å². The van der Waals surface area contributed by atoms with Crippen molar-refractivity contribution in [3.63, 3.8) is 0 Å². The van der Waals surface area contributed by atoms with Gasteiger partial charge in [0.15, 0.2) is 23.1 Å². The molecule has 3 heterocycles. The topological polar surface area (TPSA) is 77.8 Å². The lowest BCUT2D eigenvalue weighted by molar-refractivity contribution is 0.620. The molecule has 0 saturated heterocycles. The van der Waals surface area contributed by atoms with E-state index in [9.17, 15) is 0 Å². The van der Waals surface area contributed by atoms with Gasteiger partial charge in [0.2, 0.25) is 5.89 Å². The number of rotatable bonds is 5. The third kappa shape index (κ3) is 5.12. The van der Waals surface area contributed by atoms with Crippen LogP contribution in [0.4, 0.5) is 0 Å². The van der Waals surface area contributed by atoms with Gasteiger partial charge in [-0.25, -0.2) is 19.9 Å². The third-order valence-electron chi connectivity index (χ3n) is 10.1. The molecule has 11 rings (SSSR count). The Morgan fingerprint density at radius 2 is 0.926 bits per heavy atom. The van der Waals surface area contributed by atoms with E-state index in [1.54, 1.807) is 0 Å². The Bertz CT molecular complexity index is 3220. The number of nitrogens with zero attached hydrogens (tertiary/aromatic N) is 4. The second kappa shape index (κ2) is 12.1. The molecule has 0 atom stereocenters. The molecule has 252 valence electrons. The van der Waals surface area contributed by atoms with Gasteiger partial charge < -0.3 is 8.83 Å². The molecule has 54 heavy (non-hydrogen) atoms. The maximum Gasteiger partial charge on any atom is 0.227 e. The monoisotopic (exact) mass is 692 g/mol. The summed E-state index contributed by atoms with van der Waals surface area (Å²) in [6, 6.07) is 58.0. The molecule has 0 aliphatic carbocycles. The van der Waals surface area contributed by atoms with Crippen LogP contribution in [0.2, 0.25) is 0 Å². The van der Waals surface area contributed by atoms with E-state index in [4.69, 9.17) is 28.8 Å². The van der Waals surface area contributed by atoms with Gasteiger partial charge in [-0.2, -0.15) is 0 Å². The van der Waals surface area contributed by atoms with Crippen LogP contribution in [0.5, 0.6) is 0 Å². The van der Waals surface area contributed by atoms with Gasteiger partial charge in [-0.1, -0.05) is 115 Å². The molecular weight excluding hydrogens is 665 g/mol. The van der Waals surface area contributed by atoms with E-state index < -0.39 is 0 Å². The van der Waals surface area contributed by atoms with E-state index in [0.29, 0.717) is 28.9 Å². The average molecular weight is 693 g/mol. The predicted octanol–water partition coefficient (Wildman–Crippen LogP) is 12.6. The Morgan fingerprint density at radius 3 is 1.72 bits per heavy atom. The first kappa shape index (κ1) is 30.2. The van der Waals surface area contributed by atoms with Crippen molar-refractivity contribution >= 4 is 54.6 Å². The minimum atomic E-state index is 0.558. The molecule has 11 aromatic rings. The van der Waals surface area contributed by atoms with Gasteiger partial charge in [0, 0.05) is 39.1 Å². The largest absolute Gasteiger partial charge is 0.456 e. The molecule has 0 fully saturated rings. The van der Waals surface area contributed by atoms with Crippen LogP contribution >= 0.6 is 0 Å². The zero-order valence-electron chi connectivity index (χ0n) is 28.8. The van der Waals surface area contributed by atoms with Crippen LogP contribution in [0.25, 0.3) is 111 Å². The highest BCUT2D eigenvalue weighted by Gasteiger charge is 2.18. The summed E-state index contributed by atoms with van der Waals surface area (Å²) in [5.74, 6) is 2.33. The van der Waals surface area contributed by atoms with Gasteiger partial charge in [-0.15, -0.1) is 0 Å². The van der Waals surface area contributed by atoms with E-state index in [2.05, 4.69) is 115 Å². The molecule has 8 aromatic carbocycles. The highest BCUT2D eigenvalue weighted by Crippen LogP contribution is 2.38. The second-order valence-corrected chi connectivity index (χ2v) is 13.5. The number of hydrogen-bond acceptors (Lipinski definition) is 6. The van der Waals surface area contributed by atoms with Gasteiger partial charge in [0.05, 0.1) is 0 Å². The van der Waals surface area contributed by atoms with E-state index in [1.165, 1.54) is 5.39 Å². The molecule has 0 aliphatic heterocycles. The van der Waals surface area contributed by atoms with E-state index in [-0.39, 0.29) is 0 Å². The summed E-state index contributed by atoms with van der Waals surface area (Å²) in [4.78, 5) is 20.1. The maximum absolute atomic E-state index is 6.48. The number of oxazole rings is 1. The minimum Gasteiger partial charge on any atom is -0.456 e. The summed E-state index contributed by atoms with van der Waals surface area (Å²) < 4.78 is 12.7. The molecule has 6 nitrogen and oxygen atoms in total. The lowest BCUT2D eigenvalue weighted by atomic mass is 9.95. The summed E-state index contributed by atoms with van der Waals surface area (Å²) in [7, 11) is 0. The summed E-state index contributed by atoms with van der Waals surface area (Å²) in [5.41, 5.74) is 8.75. The minimum absolute atomic E-state index is 0.558. The normalized spacial score (nSPS) is 11.7. The zero-order valence-corrected chi connectivity index (χ0v) is 28.8. The highest BCUT2D eigenvalue weighted by molar-refractivity contribution is 6.09. The average Bonchev–Trinajstić information content (AvgIpc) is 3.82. The van der Waals surface area contributed by atoms with E-state index in [1.807, 2.05) is 54.6 Å². The Labute approximate surface area is 309 Å². The van der Waals surface area contributed by atoms with Crippen molar-refractivity contribution in [1.82, 2.24) is 19.9 Å². The molecule has 0 amide bonds. The van der Waals surface area contributed by atoms with Gasteiger partial charge in [0.25, 0.3) is 0 Å². The Kier molecular flexibility index (Phi) is 6.75. The number of aromatic nitrogens is 4. The molecule has 0 unspecified atom stereocenters. The maximum atomic E-state index is 6.48. The number of hydrogen-bond donors (Lipinski definition) is 0. The van der Waals surface area contributed by atoms with Crippen molar-refractivity contribution in [3.05, 3.63) is 170 Å². The Hall–Kier alpha value is -7.44. The van der Waals surface area contributed by atoms with Crippen LogP contribution in [-0.2, 0) is 0 Å².